The SMILES string of the molecule is COc1ccc(C(=O)c2oc3ccc(N=Cc4c(O)cc(C)oc4=O)cc3c2C)cc1. The lowest BCUT2D eigenvalue weighted by atomic mass is 10.0. The predicted molar refractivity (Wildman–Crippen MR) is 116 cm³/mol. The van der Waals surface area contributed by atoms with Gasteiger partial charge in [-0.05, 0) is 56.3 Å². The van der Waals surface area contributed by atoms with Gasteiger partial charge >= 0.3 is 5.63 Å². The quantitative estimate of drug-likeness (QED) is 0.373. The molecule has 0 amide bonds. The minimum atomic E-state index is -0.672. The number of aromatic hydroxyl groups is 1. The Morgan fingerprint density at radius 1 is 1.06 bits per heavy atom. The average molecular weight is 417 g/mol. The Labute approximate surface area is 177 Å². The third kappa shape index (κ3) is 3.85. The molecular formula is C24H19NO6. The van der Waals surface area contributed by atoms with Crippen LogP contribution in [0.3, 0.4) is 0 Å². The normalized spacial score (nSPS) is 11.3. The molecule has 0 aliphatic carbocycles. The van der Waals surface area contributed by atoms with Gasteiger partial charge in [0.15, 0.2) is 5.76 Å². The number of ether oxygens (including phenoxy) is 1. The molecule has 0 unspecified atom stereocenters. The van der Waals surface area contributed by atoms with Gasteiger partial charge < -0.3 is 18.7 Å². The van der Waals surface area contributed by atoms with E-state index in [1.165, 1.54) is 12.3 Å². The molecular weight excluding hydrogens is 398 g/mol. The summed E-state index contributed by atoms with van der Waals surface area (Å²) < 4.78 is 15.9. The van der Waals surface area contributed by atoms with Gasteiger partial charge in [-0.3, -0.25) is 9.79 Å². The van der Waals surface area contributed by atoms with E-state index in [4.69, 9.17) is 13.6 Å². The van der Waals surface area contributed by atoms with Crippen LogP contribution < -0.4 is 10.4 Å². The largest absolute Gasteiger partial charge is 0.507 e. The second-order valence-corrected chi connectivity index (χ2v) is 7.00. The first kappa shape index (κ1) is 20.2. The fourth-order valence-corrected chi connectivity index (χ4v) is 3.24. The molecule has 7 heteroatoms. The van der Waals surface area contributed by atoms with E-state index in [1.807, 2.05) is 0 Å². The maximum atomic E-state index is 12.9. The van der Waals surface area contributed by atoms with E-state index in [1.54, 1.807) is 63.4 Å². The van der Waals surface area contributed by atoms with Crippen LogP contribution in [0.15, 0.2) is 67.2 Å². The first-order chi connectivity index (χ1) is 14.9. The molecule has 0 saturated heterocycles. The average Bonchev–Trinajstić information content (AvgIpc) is 3.08. The number of carbonyl (C=O) groups is 1. The van der Waals surface area contributed by atoms with Crippen molar-refractivity contribution < 1.29 is 23.5 Å². The van der Waals surface area contributed by atoms with Crippen LogP contribution in [0.25, 0.3) is 11.0 Å². The molecule has 0 atom stereocenters. The Balaban J connectivity index is 1.68. The van der Waals surface area contributed by atoms with Crippen molar-refractivity contribution in [2.75, 3.05) is 7.11 Å². The van der Waals surface area contributed by atoms with E-state index in [9.17, 15) is 14.7 Å². The number of aliphatic imine (C=N–C) groups is 1. The van der Waals surface area contributed by atoms with E-state index in [0.29, 0.717) is 33.9 Å². The summed E-state index contributed by atoms with van der Waals surface area (Å²) in [5.41, 5.74) is 1.54. The number of fused-ring (bicyclic) bond motifs is 1. The minimum absolute atomic E-state index is 0.0371. The van der Waals surface area contributed by atoms with Crippen molar-refractivity contribution in [1.29, 1.82) is 0 Å². The van der Waals surface area contributed by atoms with E-state index < -0.39 is 5.63 Å². The lowest BCUT2D eigenvalue weighted by Gasteiger charge is -2.01. The Bertz CT molecular complexity index is 1380. The number of methoxy groups -OCH3 is 1. The molecule has 4 rings (SSSR count). The van der Waals surface area contributed by atoms with Crippen molar-refractivity contribution in [3.63, 3.8) is 0 Å². The number of furan rings is 1. The molecule has 4 aromatic rings. The second kappa shape index (κ2) is 7.95. The molecule has 0 saturated carbocycles. The Morgan fingerprint density at radius 2 is 1.81 bits per heavy atom. The summed E-state index contributed by atoms with van der Waals surface area (Å²) in [6.07, 6.45) is 1.25. The van der Waals surface area contributed by atoms with Crippen molar-refractivity contribution >= 4 is 28.7 Å². The van der Waals surface area contributed by atoms with Gasteiger partial charge in [-0.2, -0.15) is 0 Å². The number of hydrogen-bond acceptors (Lipinski definition) is 7. The van der Waals surface area contributed by atoms with E-state index in [-0.39, 0.29) is 22.9 Å². The van der Waals surface area contributed by atoms with Crippen LogP contribution in [0.5, 0.6) is 11.5 Å². The van der Waals surface area contributed by atoms with Crippen LogP contribution in [-0.4, -0.2) is 24.2 Å². The third-order valence-corrected chi connectivity index (χ3v) is 4.91. The van der Waals surface area contributed by atoms with Crippen LogP contribution in [0.2, 0.25) is 0 Å². The molecule has 156 valence electrons. The number of ketones is 1. The van der Waals surface area contributed by atoms with Gasteiger partial charge in [-0.15, -0.1) is 0 Å². The number of rotatable bonds is 5. The molecule has 31 heavy (non-hydrogen) atoms. The fraction of sp³-hybridized carbons (Fsp3) is 0.125. The maximum Gasteiger partial charge on any atom is 0.348 e. The molecule has 0 radical (unpaired) electrons. The van der Waals surface area contributed by atoms with E-state index in [0.717, 1.165) is 5.39 Å². The van der Waals surface area contributed by atoms with Crippen LogP contribution in [0, 0.1) is 13.8 Å². The monoisotopic (exact) mass is 417 g/mol. The fourth-order valence-electron chi connectivity index (χ4n) is 3.24. The lowest BCUT2D eigenvalue weighted by Crippen LogP contribution is -2.07. The summed E-state index contributed by atoms with van der Waals surface area (Å²) in [7, 11) is 1.56. The number of benzene rings is 2. The number of carbonyl (C=O) groups excluding carboxylic acids is 1. The zero-order chi connectivity index (χ0) is 22.1. The summed E-state index contributed by atoms with van der Waals surface area (Å²) in [6.45, 7) is 3.37. The van der Waals surface area contributed by atoms with Crippen LogP contribution in [-0.2, 0) is 0 Å². The molecule has 7 nitrogen and oxygen atoms in total. The first-order valence-corrected chi connectivity index (χ1v) is 9.47. The second-order valence-electron chi connectivity index (χ2n) is 7.00. The zero-order valence-corrected chi connectivity index (χ0v) is 17.1. The molecule has 2 heterocycles. The van der Waals surface area contributed by atoms with Crippen LogP contribution in [0.4, 0.5) is 5.69 Å². The standard InChI is InChI=1S/C24H19NO6/c1-13-10-20(26)19(24(28)30-13)12-25-16-6-9-21-18(11-16)14(2)23(31-21)22(27)15-4-7-17(29-3)8-5-15/h4-12,26H,1-3H3. The minimum Gasteiger partial charge on any atom is -0.507 e. The van der Waals surface area contributed by atoms with Gasteiger partial charge in [0.2, 0.25) is 5.78 Å². The summed E-state index contributed by atoms with van der Waals surface area (Å²) in [5, 5.41) is 10.7. The molecule has 0 bridgehead atoms. The highest BCUT2D eigenvalue weighted by molar-refractivity contribution is 6.10. The molecule has 2 aromatic heterocycles. The topological polar surface area (TPSA) is 102 Å². The Morgan fingerprint density at radius 3 is 2.48 bits per heavy atom. The summed E-state index contributed by atoms with van der Waals surface area (Å²) >= 11 is 0. The predicted octanol–water partition coefficient (Wildman–Crippen LogP) is 4.70. The third-order valence-electron chi connectivity index (χ3n) is 4.91. The molecule has 1 N–H and O–H groups in total. The van der Waals surface area contributed by atoms with Gasteiger partial charge in [0.1, 0.15) is 28.4 Å². The Kier molecular flexibility index (Phi) is 5.17. The van der Waals surface area contributed by atoms with Crippen molar-refractivity contribution in [2.45, 2.75) is 13.8 Å². The highest BCUT2D eigenvalue weighted by Crippen LogP contribution is 2.30. The summed E-state index contributed by atoms with van der Waals surface area (Å²) in [6, 6.07) is 13.3. The highest BCUT2D eigenvalue weighted by atomic mass is 16.5. The van der Waals surface area contributed by atoms with Gasteiger partial charge in [-0.1, -0.05) is 0 Å². The van der Waals surface area contributed by atoms with Gasteiger partial charge in [0.05, 0.1) is 12.8 Å². The summed E-state index contributed by atoms with van der Waals surface area (Å²) in [4.78, 5) is 29.1. The molecule has 0 fully saturated rings. The maximum absolute atomic E-state index is 12.9. The van der Waals surface area contributed by atoms with Gasteiger partial charge in [-0.25, -0.2) is 4.79 Å². The lowest BCUT2D eigenvalue weighted by molar-refractivity contribution is 0.101. The smallest absolute Gasteiger partial charge is 0.348 e. The highest BCUT2D eigenvalue weighted by Gasteiger charge is 2.19. The van der Waals surface area contributed by atoms with Crippen LogP contribution >= 0.6 is 0 Å². The zero-order valence-electron chi connectivity index (χ0n) is 17.1. The number of aryl methyl sites for hydroxylation is 2. The van der Waals surface area contributed by atoms with Gasteiger partial charge in [0.25, 0.3) is 0 Å². The van der Waals surface area contributed by atoms with E-state index >= 15 is 0 Å². The number of nitrogens with zero attached hydrogens (tertiary/aromatic N) is 1. The first-order valence-electron chi connectivity index (χ1n) is 9.47. The molecule has 0 aliphatic heterocycles. The Hall–Kier alpha value is -4.13. The summed E-state index contributed by atoms with van der Waals surface area (Å²) in [5.74, 6) is 0.783. The molecule has 2 aromatic carbocycles. The van der Waals surface area contributed by atoms with Crippen molar-refractivity contribution in [3.8, 4) is 11.5 Å². The van der Waals surface area contributed by atoms with Crippen molar-refractivity contribution in [1.82, 2.24) is 0 Å². The van der Waals surface area contributed by atoms with Gasteiger partial charge in [0, 0.05) is 28.8 Å². The van der Waals surface area contributed by atoms with Crippen LogP contribution in [0.1, 0.15) is 33.0 Å². The van der Waals surface area contributed by atoms with Crippen molar-refractivity contribution in [2.24, 2.45) is 4.99 Å². The van der Waals surface area contributed by atoms with Crippen molar-refractivity contribution in [3.05, 3.63) is 87.2 Å². The van der Waals surface area contributed by atoms with E-state index in [2.05, 4.69) is 4.99 Å². The molecule has 0 aliphatic rings. The number of hydrogen-bond donors (Lipinski definition) is 1. The molecule has 0 spiro atoms.